The Morgan fingerprint density at radius 2 is 1.68 bits per heavy atom. The normalized spacial score (nSPS) is 12.3. The first kappa shape index (κ1) is 32.4. The number of halogens is 1. The molecule has 250 valence electrons. The zero-order chi connectivity index (χ0) is 34.8. The van der Waals surface area contributed by atoms with Gasteiger partial charge in [0.25, 0.3) is 0 Å². The van der Waals surface area contributed by atoms with Crippen molar-refractivity contribution in [3.05, 3.63) is 143 Å². The average molecular weight is 667 g/mol. The summed E-state index contributed by atoms with van der Waals surface area (Å²) in [5.41, 5.74) is 10.8. The summed E-state index contributed by atoms with van der Waals surface area (Å²) in [5, 5.41) is 6.60. The zero-order valence-electron chi connectivity index (χ0n) is 27.9. The Labute approximate surface area is 288 Å². The second kappa shape index (κ2) is 13.8. The van der Waals surface area contributed by atoms with Gasteiger partial charge in [-0.2, -0.15) is 5.10 Å². The van der Waals surface area contributed by atoms with Crippen molar-refractivity contribution in [3.63, 3.8) is 0 Å². The molecule has 9 nitrogen and oxygen atoms in total. The van der Waals surface area contributed by atoms with Crippen molar-refractivity contribution in [3.8, 4) is 28.1 Å². The van der Waals surface area contributed by atoms with Gasteiger partial charge in [0, 0.05) is 29.1 Å². The predicted molar refractivity (Wildman–Crippen MR) is 195 cm³/mol. The van der Waals surface area contributed by atoms with Gasteiger partial charge in [-0.15, -0.1) is 0 Å². The lowest BCUT2D eigenvalue weighted by atomic mass is 9.95. The van der Waals surface area contributed by atoms with E-state index in [1.165, 1.54) is 18.5 Å². The molecule has 0 aliphatic rings. The Kier molecular flexibility index (Phi) is 8.93. The van der Waals surface area contributed by atoms with E-state index in [1.807, 2.05) is 93.8 Å². The molecule has 4 aromatic carbocycles. The minimum absolute atomic E-state index is 0.178. The lowest BCUT2D eigenvalue weighted by Gasteiger charge is -2.18. The minimum Gasteiger partial charge on any atom is -0.489 e. The molecule has 0 spiro atoms. The standard InChI is InChI=1S/C40H35FN6O3/c1-25(37-34(32-13-7-8-14-33(32)40(48)50-37)28-17-15-26(16-18-28)12-9-19-46(2)3)47-39-35(38(42)43-24-44-39)36(45-47)29-20-30(41)22-31(21-29)49-23-27-10-5-4-6-11-27/h4-18,20-22,24-25H,19,23H2,1-3H3,(H2,42,43,44). The van der Waals surface area contributed by atoms with E-state index in [9.17, 15) is 4.79 Å². The van der Waals surface area contributed by atoms with Crippen molar-refractivity contribution in [1.82, 2.24) is 24.6 Å². The summed E-state index contributed by atoms with van der Waals surface area (Å²) < 4.78 is 28.8. The molecule has 0 saturated carbocycles. The molecule has 1 unspecified atom stereocenters. The number of fused-ring (bicyclic) bond motifs is 2. The maximum absolute atomic E-state index is 15.1. The summed E-state index contributed by atoms with van der Waals surface area (Å²) >= 11 is 0. The van der Waals surface area contributed by atoms with Crippen molar-refractivity contribution in [2.75, 3.05) is 26.4 Å². The molecule has 0 aliphatic carbocycles. The van der Waals surface area contributed by atoms with Gasteiger partial charge in [-0.25, -0.2) is 23.8 Å². The molecule has 3 heterocycles. The Hall–Kier alpha value is -6.13. The fraction of sp³-hybridized carbons (Fsp3) is 0.150. The summed E-state index contributed by atoms with van der Waals surface area (Å²) in [7, 11) is 4.04. The van der Waals surface area contributed by atoms with Gasteiger partial charge in [0.05, 0.1) is 10.8 Å². The Bertz CT molecular complexity index is 2400. The second-order valence-corrected chi connectivity index (χ2v) is 12.3. The summed E-state index contributed by atoms with van der Waals surface area (Å²) in [6.45, 7) is 2.96. The highest BCUT2D eigenvalue weighted by Crippen LogP contribution is 2.39. The molecule has 0 aliphatic heterocycles. The fourth-order valence-electron chi connectivity index (χ4n) is 6.07. The van der Waals surface area contributed by atoms with Crippen molar-refractivity contribution in [2.45, 2.75) is 19.6 Å². The number of hydrogen-bond acceptors (Lipinski definition) is 8. The van der Waals surface area contributed by atoms with Crippen molar-refractivity contribution in [1.29, 1.82) is 0 Å². The van der Waals surface area contributed by atoms with Crippen LogP contribution in [0, 0.1) is 5.82 Å². The van der Waals surface area contributed by atoms with E-state index in [1.54, 1.807) is 16.8 Å². The zero-order valence-corrected chi connectivity index (χ0v) is 27.9. The first-order valence-corrected chi connectivity index (χ1v) is 16.2. The van der Waals surface area contributed by atoms with Gasteiger partial charge in [0.1, 0.15) is 47.8 Å². The Morgan fingerprint density at radius 1 is 0.940 bits per heavy atom. The molecule has 0 amide bonds. The molecular weight excluding hydrogens is 631 g/mol. The maximum atomic E-state index is 15.1. The molecule has 7 rings (SSSR count). The van der Waals surface area contributed by atoms with Crippen LogP contribution in [0.5, 0.6) is 5.75 Å². The van der Waals surface area contributed by atoms with Crippen molar-refractivity contribution >= 4 is 33.7 Å². The van der Waals surface area contributed by atoms with Crippen molar-refractivity contribution < 1.29 is 13.5 Å². The molecule has 3 aromatic heterocycles. The van der Waals surface area contributed by atoms with Gasteiger partial charge in [-0.05, 0) is 55.9 Å². The molecule has 7 aromatic rings. The Balaban J connectivity index is 1.34. The number of rotatable bonds is 10. The Morgan fingerprint density at radius 3 is 2.44 bits per heavy atom. The third-order valence-corrected chi connectivity index (χ3v) is 8.50. The molecule has 0 bridgehead atoms. The summed E-state index contributed by atoms with van der Waals surface area (Å²) in [4.78, 5) is 24.3. The fourth-order valence-corrected chi connectivity index (χ4v) is 6.07. The minimum atomic E-state index is -0.644. The first-order valence-electron chi connectivity index (χ1n) is 16.2. The van der Waals surface area contributed by atoms with Gasteiger partial charge in [-0.3, -0.25) is 0 Å². The largest absolute Gasteiger partial charge is 0.489 e. The van der Waals surface area contributed by atoms with Gasteiger partial charge in [0.15, 0.2) is 5.65 Å². The number of likely N-dealkylation sites (N-methyl/N-ethyl adjacent to an activating group) is 1. The van der Waals surface area contributed by atoms with Crippen LogP contribution in [0.1, 0.15) is 29.9 Å². The first-order chi connectivity index (χ1) is 24.3. The average Bonchev–Trinajstić information content (AvgIpc) is 3.52. The van der Waals surface area contributed by atoms with Gasteiger partial charge >= 0.3 is 5.63 Å². The molecule has 0 saturated heterocycles. The van der Waals surface area contributed by atoms with Crippen LogP contribution in [-0.2, 0) is 6.61 Å². The summed E-state index contributed by atoms with van der Waals surface area (Å²) in [5.74, 6) is 0.402. The van der Waals surface area contributed by atoms with Crippen LogP contribution >= 0.6 is 0 Å². The quantitative estimate of drug-likeness (QED) is 0.158. The highest BCUT2D eigenvalue weighted by Gasteiger charge is 2.27. The van der Waals surface area contributed by atoms with E-state index in [0.29, 0.717) is 39.2 Å². The van der Waals surface area contributed by atoms with Gasteiger partial charge < -0.3 is 19.8 Å². The lowest BCUT2D eigenvalue weighted by molar-refractivity contribution is 0.305. The number of benzene rings is 4. The molecular formula is C40H35FN6O3. The van der Waals surface area contributed by atoms with Crippen LogP contribution in [0.15, 0.2) is 119 Å². The molecule has 0 radical (unpaired) electrons. The van der Waals surface area contributed by atoms with E-state index < -0.39 is 17.5 Å². The van der Waals surface area contributed by atoms with Crippen LogP contribution in [0.2, 0.25) is 0 Å². The number of nitrogens with two attached hydrogens (primary N) is 1. The van der Waals surface area contributed by atoms with Crippen molar-refractivity contribution in [2.24, 2.45) is 0 Å². The van der Waals surface area contributed by atoms with E-state index in [2.05, 4.69) is 27.0 Å². The molecule has 2 N–H and O–H groups in total. The van der Waals surface area contributed by atoms with Crippen LogP contribution in [-0.4, -0.2) is 45.3 Å². The van der Waals surface area contributed by atoms with E-state index in [-0.39, 0.29) is 12.4 Å². The molecule has 0 fully saturated rings. The molecule has 10 heteroatoms. The summed E-state index contributed by atoms with van der Waals surface area (Å²) in [6, 6.07) is 28.9. The topological polar surface area (TPSA) is 112 Å². The van der Waals surface area contributed by atoms with Crippen LogP contribution < -0.4 is 16.1 Å². The van der Waals surface area contributed by atoms with Gasteiger partial charge in [-0.1, -0.05) is 84.9 Å². The number of ether oxygens (including phenoxy) is 1. The monoisotopic (exact) mass is 666 g/mol. The third-order valence-electron chi connectivity index (χ3n) is 8.50. The number of anilines is 1. The number of aromatic nitrogens is 4. The number of nitrogens with zero attached hydrogens (tertiary/aromatic N) is 5. The highest BCUT2D eigenvalue weighted by atomic mass is 19.1. The maximum Gasteiger partial charge on any atom is 0.343 e. The highest BCUT2D eigenvalue weighted by molar-refractivity contribution is 5.99. The molecule has 1 atom stereocenters. The number of nitrogen functional groups attached to an aromatic ring is 1. The second-order valence-electron chi connectivity index (χ2n) is 12.3. The van der Waals surface area contributed by atoms with Gasteiger partial charge in [0.2, 0.25) is 0 Å². The van der Waals surface area contributed by atoms with Crippen LogP contribution in [0.4, 0.5) is 10.2 Å². The van der Waals surface area contributed by atoms with Crippen LogP contribution in [0.25, 0.3) is 50.3 Å². The SMILES string of the molecule is CC(c1oc(=O)c2ccccc2c1-c1ccc(C=CCN(C)C)cc1)n1nc(-c2cc(F)cc(OCc3ccccc3)c2)c2c(N)ncnc21. The van der Waals surface area contributed by atoms with E-state index >= 15 is 4.39 Å². The summed E-state index contributed by atoms with van der Waals surface area (Å²) in [6.07, 6.45) is 5.53. The molecule has 50 heavy (non-hydrogen) atoms. The van der Waals surface area contributed by atoms with Crippen LogP contribution in [0.3, 0.4) is 0 Å². The smallest absolute Gasteiger partial charge is 0.343 e. The lowest BCUT2D eigenvalue weighted by Crippen LogP contribution is -2.14. The predicted octanol–water partition coefficient (Wildman–Crippen LogP) is 7.75. The van der Waals surface area contributed by atoms with E-state index in [0.717, 1.165) is 34.2 Å². The van der Waals surface area contributed by atoms with E-state index in [4.69, 9.17) is 20.0 Å². The third kappa shape index (κ3) is 6.48. The number of hydrogen-bond donors (Lipinski definition) is 1.